The number of benzene rings is 10. The molecule has 0 amide bonds. The van der Waals surface area contributed by atoms with Gasteiger partial charge in [-0.1, -0.05) is 140 Å². The van der Waals surface area contributed by atoms with E-state index < -0.39 is 0 Å². The van der Waals surface area contributed by atoms with E-state index in [0.717, 1.165) is 116 Å². The zero-order valence-electron chi connectivity index (χ0n) is 37.4. The smallest absolute Gasteiger partial charge is 0.167 e. The average molecular weight is 896 g/mol. The Balaban J connectivity index is 0.940. The van der Waals surface area contributed by atoms with E-state index in [1.54, 1.807) is 0 Å². The van der Waals surface area contributed by atoms with Gasteiger partial charge in [0.2, 0.25) is 0 Å². The highest BCUT2D eigenvalue weighted by molar-refractivity contribution is 6.16. The Kier molecular flexibility index (Phi) is 8.23. The Morgan fingerprint density at radius 2 is 0.871 bits per heavy atom. The number of hydrogen-bond acceptors (Lipinski definition) is 5. The molecule has 0 atom stereocenters. The lowest BCUT2D eigenvalue weighted by atomic mass is 10.0. The summed E-state index contributed by atoms with van der Waals surface area (Å²) in [7, 11) is 0. The summed E-state index contributed by atoms with van der Waals surface area (Å²) in [5, 5.41) is 8.76. The van der Waals surface area contributed by atoms with Crippen molar-refractivity contribution in [3.63, 3.8) is 0 Å². The number of furan rings is 2. The van der Waals surface area contributed by atoms with Gasteiger partial charge in [0.05, 0.1) is 33.3 Å². The fourth-order valence-corrected chi connectivity index (χ4v) is 10.8. The first-order valence-electron chi connectivity index (χ1n) is 23.5. The molecule has 5 heterocycles. The number of hydrogen-bond donors (Lipinski definition) is 0. The van der Waals surface area contributed by atoms with Crippen molar-refractivity contribution in [2.75, 3.05) is 0 Å². The molecule has 15 rings (SSSR count). The zero-order chi connectivity index (χ0) is 45.9. The minimum absolute atomic E-state index is 0.518. The number of fused-ring (bicyclic) bond motifs is 12. The molecule has 0 bridgehead atoms. The fraction of sp³-hybridized carbons (Fsp3) is 0. The predicted octanol–water partition coefficient (Wildman–Crippen LogP) is 16.5. The quantitative estimate of drug-likeness (QED) is 0.166. The van der Waals surface area contributed by atoms with E-state index in [0.29, 0.717) is 17.5 Å². The molecule has 7 heteroatoms. The molecular formula is C63H37N5O2. The number of rotatable bonds is 6. The van der Waals surface area contributed by atoms with Crippen molar-refractivity contribution >= 4 is 87.5 Å². The first-order chi connectivity index (χ1) is 34.7. The molecule has 5 aromatic heterocycles. The van der Waals surface area contributed by atoms with Crippen molar-refractivity contribution in [2.45, 2.75) is 0 Å². The monoisotopic (exact) mass is 895 g/mol. The molecule has 0 saturated carbocycles. The van der Waals surface area contributed by atoms with Crippen LogP contribution in [0.3, 0.4) is 0 Å². The first kappa shape index (κ1) is 38.5. The van der Waals surface area contributed by atoms with Crippen molar-refractivity contribution in [1.29, 1.82) is 0 Å². The molecule has 0 fully saturated rings. The van der Waals surface area contributed by atoms with Crippen molar-refractivity contribution in [1.82, 2.24) is 24.1 Å². The minimum Gasteiger partial charge on any atom is -0.456 e. The zero-order valence-corrected chi connectivity index (χ0v) is 37.4. The molecule has 0 radical (unpaired) electrons. The number of nitrogens with zero attached hydrogens (tertiary/aromatic N) is 5. The van der Waals surface area contributed by atoms with E-state index in [1.807, 2.05) is 42.5 Å². The van der Waals surface area contributed by atoms with Crippen LogP contribution in [0.2, 0.25) is 0 Å². The maximum Gasteiger partial charge on any atom is 0.167 e. The lowest BCUT2D eigenvalue weighted by Crippen LogP contribution is -2.01. The maximum atomic E-state index is 6.58. The van der Waals surface area contributed by atoms with Gasteiger partial charge in [-0.25, -0.2) is 15.0 Å². The third-order valence-electron chi connectivity index (χ3n) is 14.0. The van der Waals surface area contributed by atoms with Gasteiger partial charge in [-0.05, 0) is 96.1 Å². The Bertz CT molecular complexity index is 4600. The summed E-state index contributed by atoms with van der Waals surface area (Å²) in [5.74, 6) is 1.60. The van der Waals surface area contributed by atoms with Gasteiger partial charge < -0.3 is 18.0 Å². The minimum atomic E-state index is 0.518. The van der Waals surface area contributed by atoms with Gasteiger partial charge in [0.25, 0.3) is 0 Å². The van der Waals surface area contributed by atoms with Gasteiger partial charge in [0.1, 0.15) is 22.3 Å². The normalized spacial score (nSPS) is 12.0. The summed E-state index contributed by atoms with van der Waals surface area (Å²) in [6, 6.07) is 78.6. The van der Waals surface area contributed by atoms with E-state index in [4.69, 9.17) is 23.8 Å². The van der Waals surface area contributed by atoms with E-state index in [9.17, 15) is 0 Å². The highest BCUT2D eigenvalue weighted by Crippen LogP contribution is 2.42. The van der Waals surface area contributed by atoms with Gasteiger partial charge in [-0.15, -0.1) is 0 Å². The van der Waals surface area contributed by atoms with E-state index in [-0.39, 0.29) is 0 Å². The Hall–Kier alpha value is -9.59. The Morgan fingerprint density at radius 1 is 0.300 bits per heavy atom. The summed E-state index contributed by atoms with van der Waals surface area (Å²) < 4.78 is 17.9. The van der Waals surface area contributed by atoms with Crippen LogP contribution in [-0.2, 0) is 0 Å². The van der Waals surface area contributed by atoms with Crippen molar-refractivity contribution < 1.29 is 8.83 Å². The highest BCUT2D eigenvalue weighted by atomic mass is 16.3. The van der Waals surface area contributed by atoms with Crippen LogP contribution in [0.4, 0.5) is 0 Å². The van der Waals surface area contributed by atoms with Gasteiger partial charge >= 0.3 is 0 Å². The number of para-hydroxylation sites is 6. The Morgan fingerprint density at radius 3 is 1.70 bits per heavy atom. The average Bonchev–Trinajstić information content (AvgIpc) is 4.18. The molecular weight excluding hydrogens is 859 g/mol. The van der Waals surface area contributed by atoms with E-state index in [2.05, 4.69) is 191 Å². The largest absolute Gasteiger partial charge is 0.456 e. The second-order valence-corrected chi connectivity index (χ2v) is 17.9. The van der Waals surface area contributed by atoms with Crippen molar-refractivity contribution in [3.05, 3.63) is 224 Å². The summed E-state index contributed by atoms with van der Waals surface area (Å²) in [5.41, 5.74) is 14.6. The molecule has 10 aromatic carbocycles. The first-order valence-corrected chi connectivity index (χ1v) is 23.5. The molecule has 326 valence electrons. The molecule has 7 nitrogen and oxygen atoms in total. The van der Waals surface area contributed by atoms with Crippen LogP contribution in [0.1, 0.15) is 0 Å². The van der Waals surface area contributed by atoms with E-state index in [1.165, 1.54) is 10.8 Å². The van der Waals surface area contributed by atoms with Crippen LogP contribution in [0.5, 0.6) is 0 Å². The van der Waals surface area contributed by atoms with Gasteiger partial charge in [0.15, 0.2) is 17.5 Å². The highest BCUT2D eigenvalue weighted by Gasteiger charge is 2.23. The van der Waals surface area contributed by atoms with Crippen LogP contribution in [0.15, 0.2) is 233 Å². The van der Waals surface area contributed by atoms with Crippen LogP contribution < -0.4 is 0 Å². The molecule has 0 N–H and O–H groups in total. The fourth-order valence-electron chi connectivity index (χ4n) is 10.8. The second kappa shape index (κ2) is 15.0. The van der Waals surface area contributed by atoms with Gasteiger partial charge in [-0.3, -0.25) is 0 Å². The maximum absolute atomic E-state index is 6.58. The number of aromatic nitrogens is 5. The van der Waals surface area contributed by atoms with Gasteiger partial charge in [0, 0.05) is 59.9 Å². The van der Waals surface area contributed by atoms with E-state index >= 15 is 0 Å². The molecule has 0 spiro atoms. The summed E-state index contributed by atoms with van der Waals surface area (Å²) >= 11 is 0. The summed E-state index contributed by atoms with van der Waals surface area (Å²) in [6.07, 6.45) is 0. The third-order valence-corrected chi connectivity index (χ3v) is 14.0. The van der Waals surface area contributed by atoms with Crippen molar-refractivity contribution in [2.24, 2.45) is 0 Å². The molecule has 0 aliphatic heterocycles. The van der Waals surface area contributed by atoms with Crippen molar-refractivity contribution in [3.8, 4) is 56.7 Å². The SMILES string of the molecule is c1ccc(-c2ccc3oc4cc(-c5nc(-c6ccc7c(c6)c6ccccc6n7-c6cccc7c8ccccc8n(-c8ccccc8)c67)nc(-c6cccc7c6oc6ccccc67)n5)ccc4c3c2)cc1. The van der Waals surface area contributed by atoms with Crippen LogP contribution in [0.25, 0.3) is 144 Å². The molecule has 0 aliphatic rings. The topological polar surface area (TPSA) is 74.8 Å². The molecule has 0 aliphatic carbocycles. The molecule has 0 unspecified atom stereocenters. The van der Waals surface area contributed by atoms with Gasteiger partial charge in [-0.2, -0.15) is 0 Å². The summed E-state index contributed by atoms with van der Waals surface area (Å²) in [4.78, 5) is 15.8. The molecule has 70 heavy (non-hydrogen) atoms. The van der Waals surface area contributed by atoms with Crippen LogP contribution in [-0.4, -0.2) is 24.1 Å². The Labute approximate surface area is 399 Å². The predicted molar refractivity (Wildman–Crippen MR) is 285 cm³/mol. The van der Waals surface area contributed by atoms with Crippen LogP contribution >= 0.6 is 0 Å². The standard InChI is InChI=1S/C63H37N5O2/c1-3-15-38(16-4-1)39-31-34-57-51(35-39)46-32-29-41(37-58(46)69-57)62-64-61(65-63(66-62)49-24-13-23-48-45-21-9-12-28-56(45)70-60(48)49)40-30-33-54-50(36-40)44-20-8-11-26-53(44)68(54)55-27-14-22-47-43-19-7-10-25-52(43)67(59(47)55)42-17-5-2-6-18-42/h1-37H. The molecule has 15 aromatic rings. The summed E-state index contributed by atoms with van der Waals surface area (Å²) in [6.45, 7) is 0. The molecule has 0 saturated heterocycles. The van der Waals surface area contributed by atoms with Crippen LogP contribution in [0, 0.1) is 0 Å². The third kappa shape index (κ3) is 5.79. The lowest BCUT2D eigenvalue weighted by molar-refractivity contribution is 0.668. The second-order valence-electron chi connectivity index (χ2n) is 17.9. The lowest BCUT2D eigenvalue weighted by Gasteiger charge is -2.14.